The standard InChI is InChI=1S/C17H21N3O5S/c21-15(10-12-7-9-26(24,25)11-12)18-19-17(23)13-3-5-14(6-4-13)20-8-1-2-16(20)22/h3-6,12H,1-2,7-11H2,(H,18,21)(H,19,23)/t12-/m1/s1. The second-order valence-corrected chi connectivity index (χ2v) is 8.90. The summed E-state index contributed by atoms with van der Waals surface area (Å²) in [5, 5.41) is 0. The van der Waals surface area contributed by atoms with E-state index in [0.717, 1.165) is 12.1 Å². The number of hydrazine groups is 1. The summed E-state index contributed by atoms with van der Waals surface area (Å²) >= 11 is 0. The largest absolute Gasteiger partial charge is 0.312 e. The fourth-order valence-electron chi connectivity index (χ4n) is 3.26. The molecule has 0 radical (unpaired) electrons. The van der Waals surface area contributed by atoms with Gasteiger partial charge < -0.3 is 4.90 Å². The van der Waals surface area contributed by atoms with Crippen molar-refractivity contribution in [3.8, 4) is 0 Å². The van der Waals surface area contributed by atoms with Gasteiger partial charge in [-0.05, 0) is 43.0 Å². The van der Waals surface area contributed by atoms with Crippen molar-refractivity contribution in [2.75, 3.05) is 23.0 Å². The van der Waals surface area contributed by atoms with Crippen molar-refractivity contribution in [2.24, 2.45) is 5.92 Å². The van der Waals surface area contributed by atoms with Crippen molar-refractivity contribution in [2.45, 2.75) is 25.7 Å². The van der Waals surface area contributed by atoms with Crippen LogP contribution in [0.15, 0.2) is 24.3 Å². The molecule has 1 atom stereocenters. The molecule has 0 aliphatic carbocycles. The molecule has 3 rings (SSSR count). The predicted molar refractivity (Wildman–Crippen MR) is 95.0 cm³/mol. The van der Waals surface area contributed by atoms with Crippen LogP contribution in [0.1, 0.15) is 36.0 Å². The summed E-state index contributed by atoms with van der Waals surface area (Å²) in [6, 6.07) is 6.57. The molecule has 2 aliphatic heterocycles. The van der Waals surface area contributed by atoms with E-state index in [0.29, 0.717) is 24.9 Å². The number of carbonyl (C=O) groups is 3. The first kappa shape index (κ1) is 18.4. The lowest BCUT2D eigenvalue weighted by molar-refractivity contribution is -0.122. The van der Waals surface area contributed by atoms with Crippen molar-refractivity contribution >= 4 is 33.2 Å². The number of rotatable bonds is 4. The van der Waals surface area contributed by atoms with Crippen LogP contribution in [0, 0.1) is 5.92 Å². The Balaban J connectivity index is 1.48. The van der Waals surface area contributed by atoms with Crippen molar-refractivity contribution < 1.29 is 22.8 Å². The van der Waals surface area contributed by atoms with E-state index in [4.69, 9.17) is 0 Å². The summed E-state index contributed by atoms with van der Waals surface area (Å²) < 4.78 is 22.8. The summed E-state index contributed by atoms with van der Waals surface area (Å²) in [6.45, 7) is 0.678. The lowest BCUT2D eigenvalue weighted by atomic mass is 10.1. The number of hydrogen-bond donors (Lipinski definition) is 2. The monoisotopic (exact) mass is 379 g/mol. The van der Waals surface area contributed by atoms with E-state index in [1.807, 2.05) is 0 Å². The van der Waals surface area contributed by atoms with Gasteiger partial charge in [-0.1, -0.05) is 0 Å². The molecule has 0 unspecified atom stereocenters. The van der Waals surface area contributed by atoms with Gasteiger partial charge in [-0.2, -0.15) is 0 Å². The van der Waals surface area contributed by atoms with Crippen LogP contribution in [0.25, 0.3) is 0 Å². The van der Waals surface area contributed by atoms with Gasteiger partial charge in [-0.15, -0.1) is 0 Å². The first-order valence-corrected chi connectivity index (χ1v) is 10.4. The molecule has 1 aromatic rings. The Morgan fingerprint density at radius 1 is 1.15 bits per heavy atom. The molecule has 26 heavy (non-hydrogen) atoms. The van der Waals surface area contributed by atoms with Gasteiger partial charge in [0.25, 0.3) is 5.91 Å². The van der Waals surface area contributed by atoms with E-state index in [9.17, 15) is 22.8 Å². The van der Waals surface area contributed by atoms with E-state index >= 15 is 0 Å². The third kappa shape index (κ3) is 4.40. The summed E-state index contributed by atoms with van der Waals surface area (Å²) in [6.07, 6.45) is 1.90. The molecule has 3 amide bonds. The fourth-order valence-corrected chi connectivity index (χ4v) is 5.12. The Morgan fingerprint density at radius 2 is 1.88 bits per heavy atom. The van der Waals surface area contributed by atoms with Crippen LogP contribution in [-0.2, 0) is 19.4 Å². The van der Waals surface area contributed by atoms with E-state index in [1.165, 1.54) is 0 Å². The van der Waals surface area contributed by atoms with E-state index < -0.39 is 21.7 Å². The number of nitrogens with zero attached hydrogens (tertiary/aromatic N) is 1. The Morgan fingerprint density at radius 3 is 2.46 bits per heavy atom. The summed E-state index contributed by atoms with van der Waals surface area (Å²) in [5.74, 6) is -0.886. The van der Waals surface area contributed by atoms with Crippen LogP contribution >= 0.6 is 0 Å². The van der Waals surface area contributed by atoms with Crippen LogP contribution in [0.2, 0.25) is 0 Å². The highest BCUT2D eigenvalue weighted by Crippen LogP contribution is 2.22. The third-order valence-corrected chi connectivity index (χ3v) is 6.47. The molecule has 0 aromatic heterocycles. The van der Waals surface area contributed by atoms with Gasteiger partial charge >= 0.3 is 0 Å². The molecule has 0 saturated carbocycles. The number of hydrogen-bond acceptors (Lipinski definition) is 5. The molecule has 9 heteroatoms. The van der Waals surface area contributed by atoms with Crippen molar-refractivity contribution in [1.29, 1.82) is 0 Å². The smallest absolute Gasteiger partial charge is 0.269 e. The molecule has 2 aliphatic rings. The Labute approximate surface area is 151 Å². The van der Waals surface area contributed by atoms with Crippen LogP contribution in [-0.4, -0.2) is 44.2 Å². The van der Waals surface area contributed by atoms with Crippen LogP contribution < -0.4 is 15.8 Å². The molecule has 0 spiro atoms. The summed E-state index contributed by atoms with van der Waals surface area (Å²) in [7, 11) is -3.03. The molecule has 8 nitrogen and oxygen atoms in total. The zero-order valence-corrected chi connectivity index (χ0v) is 15.0. The van der Waals surface area contributed by atoms with E-state index in [-0.39, 0.29) is 29.8 Å². The lowest BCUT2D eigenvalue weighted by Gasteiger charge is -2.16. The Bertz CT molecular complexity index is 819. The second kappa shape index (κ2) is 7.45. The predicted octanol–water partition coefficient (Wildman–Crippen LogP) is 0.399. The molecule has 140 valence electrons. The van der Waals surface area contributed by atoms with E-state index in [2.05, 4.69) is 10.9 Å². The first-order valence-electron chi connectivity index (χ1n) is 8.54. The molecule has 2 saturated heterocycles. The molecule has 0 bridgehead atoms. The molecule has 1 aromatic carbocycles. The Hall–Kier alpha value is -2.42. The average molecular weight is 379 g/mol. The summed E-state index contributed by atoms with van der Waals surface area (Å²) in [5.41, 5.74) is 5.73. The zero-order valence-electron chi connectivity index (χ0n) is 14.2. The molecule has 2 heterocycles. The number of anilines is 1. The van der Waals surface area contributed by atoms with Crippen molar-refractivity contribution in [1.82, 2.24) is 10.9 Å². The lowest BCUT2D eigenvalue weighted by Crippen LogP contribution is -2.42. The van der Waals surface area contributed by atoms with Crippen molar-refractivity contribution in [3.63, 3.8) is 0 Å². The number of nitrogens with one attached hydrogen (secondary N) is 2. The minimum Gasteiger partial charge on any atom is -0.312 e. The quantitative estimate of drug-likeness (QED) is 0.736. The normalized spacial score (nSPS) is 21.6. The highest BCUT2D eigenvalue weighted by molar-refractivity contribution is 7.91. The molecule has 2 fully saturated rings. The molecule has 2 N–H and O–H groups in total. The van der Waals surface area contributed by atoms with Gasteiger partial charge in [0.2, 0.25) is 11.8 Å². The topological polar surface area (TPSA) is 113 Å². The van der Waals surface area contributed by atoms with Crippen LogP contribution in [0.5, 0.6) is 0 Å². The van der Waals surface area contributed by atoms with Gasteiger partial charge in [0.05, 0.1) is 11.5 Å². The highest BCUT2D eigenvalue weighted by Gasteiger charge is 2.29. The molecular weight excluding hydrogens is 358 g/mol. The van der Waals surface area contributed by atoms with Crippen LogP contribution in [0.4, 0.5) is 5.69 Å². The maximum absolute atomic E-state index is 12.1. The number of carbonyl (C=O) groups excluding carboxylic acids is 3. The highest BCUT2D eigenvalue weighted by atomic mass is 32.2. The SMILES string of the molecule is O=C(C[C@H]1CCS(=O)(=O)C1)NNC(=O)c1ccc(N2CCCC2=O)cc1. The van der Waals surface area contributed by atoms with Gasteiger partial charge in [-0.3, -0.25) is 25.2 Å². The maximum atomic E-state index is 12.1. The third-order valence-electron chi connectivity index (χ3n) is 4.63. The van der Waals surface area contributed by atoms with Crippen LogP contribution in [0.3, 0.4) is 0 Å². The van der Waals surface area contributed by atoms with Gasteiger partial charge in [-0.25, -0.2) is 8.42 Å². The van der Waals surface area contributed by atoms with Gasteiger partial charge in [0, 0.05) is 30.6 Å². The maximum Gasteiger partial charge on any atom is 0.269 e. The number of sulfone groups is 1. The zero-order chi connectivity index (χ0) is 18.7. The minimum atomic E-state index is -3.03. The van der Waals surface area contributed by atoms with Crippen molar-refractivity contribution in [3.05, 3.63) is 29.8 Å². The van der Waals surface area contributed by atoms with Gasteiger partial charge in [0.15, 0.2) is 9.84 Å². The van der Waals surface area contributed by atoms with E-state index in [1.54, 1.807) is 29.2 Å². The first-order chi connectivity index (χ1) is 12.3. The number of benzene rings is 1. The number of amides is 3. The second-order valence-electron chi connectivity index (χ2n) is 6.67. The summed E-state index contributed by atoms with van der Waals surface area (Å²) in [4.78, 5) is 37.3. The Kier molecular flexibility index (Phi) is 5.26. The minimum absolute atomic E-state index is 0.0189. The van der Waals surface area contributed by atoms with Gasteiger partial charge in [0.1, 0.15) is 0 Å². The molecular formula is C17H21N3O5S. The fraction of sp³-hybridized carbons (Fsp3) is 0.471. The average Bonchev–Trinajstić information content (AvgIpc) is 3.18.